The van der Waals surface area contributed by atoms with Gasteiger partial charge < -0.3 is 14.6 Å². The summed E-state index contributed by atoms with van der Waals surface area (Å²) < 4.78 is 12.1. The van der Waals surface area contributed by atoms with Crippen molar-refractivity contribution < 1.29 is 24.2 Å². The van der Waals surface area contributed by atoms with Crippen molar-refractivity contribution in [1.82, 2.24) is 0 Å². The van der Waals surface area contributed by atoms with Crippen LogP contribution in [0.5, 0.6) is 11.5 Å². The summed E-state index contributed by atoms with van der Waals surface area (Å²) in [5.41, 5.74) is 2.03. The van der Waals surface area contributed by atoms with E-state index in [-0.39, 0.29) is 11.5 Å². The number of hydrazone groups is 1. The maximum atomic E-state index is 13.0. The Kier molecular flexibility index (Phi) is 6.09. The minimum absolute atomic E-state index is 0.0761. The SMILES string of the molecule is COc1cc(/C=C2\C(=O)N(c3cccc(C(=O)O)c3)N=C2C)c(Br)c(Br)c1OC. The van der Waals surface area contributed by atoms with Crippen molar-refractivity contribution in [2.24, 2.45) is 5.10 Å². The van der Waals surface area contributed by atoms with Gasteiger partial charge in [-0.05, 0) is 74.7 Å². The molecule has 1 amide bonds. The molecule has 9 heteroatoms. The van der Waals surface area contributed by atoms with Crippen LogP contribution in [0.25, 0.3) is 6.08 Å². The van der Waals surface area contributed by atoms with E-state index in [0.29, 0.717) is 43.0 Å². The van der Waals surface area contributed by atoms with Gasteiger partial charge in [-0.2, -0.15) is 10.1 Å². The summed E-state index contributed by atoms with van der Waals surface area (Å²) in [5.74, 6) is -0.408. The molecule has 2 aromatic carbocycles. The fourth-order valence-corrected chi connectivity index (χ4v) is 3.83. The van der Waals surface area contributed by atoms with Crippen LogP contribution in [0.15, 0.2) is 50.0 Å². The number of ether oxygens (including phenoxy) is 2. The van der Waals surface area contributed by atoms with E-state index in [9.17, 15) is 14.7 Å². The molecule has 0 aliphatic carbocycles. The Bertz CT molecular complexity index is 1080. The van der Waals surface area contributed by atoms with Crippen molar-refractivity contribution in [2.75, 3.05) is 19.2 Å². The minimum atomic E-state index is -1.07. The number of amides is 1. The average molecular weight is 524 g/mol. The van der Waals surface area contributed by atoms with Crippen LogP contribution in [0.4, 0.5) is 5.69 Å². The van der Waals surface area contributed by atoms with E-state index in [4.69, 9.17) is 9.47 Å². The fourth-order valence-electron chi connectivity index (χ4n) is 2.84. The first-order chi connectivity index (χ1) is 13.8. The van der Waals surface area contributed by atoms with Gasteiger partial charge in [0.2, 0.25) is 0 Å². The van der Waals surface area contributed by atoms with Crippen LogP contribution in [-0.4, -0.2) is 36.9 Å². The molecule has 0 bridgehead atoms. The van der Waals surface area contributed by atoms with Crippen molar-refractivity contribution in [1.29, 1.82) is 0 Å². The van der Waals surface area contributed by atoms with Gasteiger partial charge in [0.05, 0.1) is 41.2 Å². The number of carbonyl (C=O) groups excluding carboxylic acids is 1. The predicted octanol–water partition coefficient (Wildman–Crippen LogP) is 4.73. The number of hydrogen-bond acceptors (Lipinski definition) is 5. The van der Waals surface area contributed by atoms with Gasteiger partial charge in [-0.3, -0.25) is 4.79 Å². The number of benzene rings is 2. The fraction of sp³-hybridized carbons (Fsp3) is 0.150. The first kappa shape index (κ1) is 21.1. The minimum Gasteiger partial charge on any atom is -0.493 e. The Morgan fingerprint density at radius 1 is 1.17 bits per heavy atom. The molecule has 0 fully saturated rings. The second-order valence-corrected chi connectivity index (χ2v) is 7.63. The Balaban J connectivity index is 2.04. The number of aromatic carboxylic acids is 1. The molecule has 7 nitrogen and oxygen atoms in total. The van der Waals surface area contributed by atoms with Gasteiger partial charge in [-0.25, -0.2) is 4.79 Å². The lowest BCUT2D eigenvalue weighted by Crippen LogP contribution is -2.21. The number of carboxylic acid groups (broad SMARTS) is 1. The number of rotatable bonds is 5. The molecular formula is C20H16Br2N2O5. The number of hydrogen-bond donors (Lipinski definition) is 1. The highest BCUT2D eigenvalue weighted by molar-refractivity contribution is 9.13. The summed E-state index contributed by atoms with van der Waals surface area (Å²) in [5, 5.41) is 14.7. The summed E-state index contributed by atoms with van der Waals surface area (Å²) in [4.78, 5) is 24.2. The predicted molar refractivity (Wildman–Crippen MR) is 117 cm³/mol. The average Bonchev–Trinajstić information content (AvgIpc) is 2.99. The first-order valence-electron chi connectivity index (χ1n) is 8.33. The third-order valence-electron chi connectivity index (χ3n) is 4.28. The second kappa shape index (κ2) is 8.38. The van der Waals surface area contributed by atoms with Gasteiger partial charge in [0.15, 0.2) is 11.5 Å². The van der Waals surface area contributed by atoms with Crippen LogP contribution in [0.1, 0.15) is 22.8 Å². The summed E-state index contributed by atoms with van der Waals surface area (Å²) in [7, 11) is 3.06. The number of nitrogens with zero attached hydrogens (tertiary/aromatic N) is 2. The van der Waals surface area contributed by atoms with Crippen LogP contribution in [0, 0.1) is 0 Å². The lowest BCUT2D eigenvalue weighted by atomic mass is 10.1. The largest absolute Gasteiger partial charge is 0.493 e. The van der Waals surface area contributed by atoms with E-state index in [1.165, 1.54) is 31.4 Å². The van der Waals surface area contributed by atoms with Gasteiger partial charge in [0.1, 0.15) is 0 Å². The first-order valence-corrected chi connectivity index (χ1v) is 9.92. The van der Waals surface area contributed by atoms with Crippen LogP contribution in [-0.2, 0) is 4.79 Å². The summed E-state index contributed by atoms with van der Waals surface area (Å²) in [6.07, 6.45) is 1.69. The third-order valence-corrected chi connectivity index (χ3v) is 6.42. The Morgan fingerprint density at radius 3 is 2.52 bits per heavy atom. The molecule has 0 spiro atoms. The van der Waals surface area contributed by atoms with E-state index < -0.39 is 5.97 Å². The monoisotopic (exact) mass is 522 g/mol. The summed E-state index contributed by atoms with van der Waals surface area (Å²) >= 11 is 6.98. The lowest BCUT2D eigenvalue weighted by molar-refractivity contribution is -0.114. The van der Waals surface area contributed by atoms with Crippen molar-refractivity contribution in [3.8, 4) is 11.5 Å². The zero-order valence-corrected chi connectivity index (χ0v) is 18.9. The Morgan fingerprint density at radius 2 is 1.90 bits per heavy atom. The number of anilines is 1. The van der Waals surface area contributed by atoms with E-state index in [1.807, 2.05) is 0 Å². The molecule has 29 heavy (non-hydrogen) atoms. The number of carbonyl (C=O) groups is 2. The lowest BCUT2D eigenvalue weighted by Gasteiger charge is -2.14. The van der Waals surface area contributed by atoms with E-state index in [1.54, 1.807) is 31.2 Å². The van der Waals surface area contributed by atoms with Crippen molar-refractivity contribution >= 4 is 61.2 Å². The molecule has 2 aromatic rings. The standard InChI is InChI=1S/C20H16Br2N2O5/c1-10-14(8-12-9-15(28-2)18(29-3)17(22)16(12)21)19(25)24(23-10)13-6-4-5-11(7-13)20(26)27/h4-9H,1-3H3,(H,26,27)/b14-8-. The Hall–Kier alpha value is -2.65. The molecule has 0 atom stereocenters. The van der Waals surface area contributed by atoms with E-state index in [2.05, 4.69) is 37.0 Å². The third kappa shape index (κ3) is 3.92. The molecule has 1 N–H and O–H groups in total. The van der Waals surface area contributed by atoms with Crippen LogP contribution in [0.2, 0.25) is 0 Å². The summed E-state index contributed by atoms with van der Waals surface area (Å²) in [6.45, 7) is 1.72. The molecule has 1 aliphatic rings. The highest BCUT2D eigenvalue weighted by atomic mass is 79.9. The molecule has 0 aromatic heterocycles. The molecule has 0 unspecified atom stereocenters. The second-order valence-electron chi connectivity index (χ2n) is 6.05. The smallest absolute Gasteiger partial charge is 0.335 e. The van der Waals surface area contributed by atoms with Crippen LogP contribution in [0.3, 0.4) is 0 Å². The van der Waals surface area contributed by atoms with E-state index >= 15 is 0 Å². The molecule has 150 valence electrons. The van der Waals surface area contributed by atoms with Crippen LogP contribution >= 0.6 is 31.9 Å². The van der Waals surface area contributed by atoms with E-state index in [0.717, 1.165) is 0 Å². The molecule has 1 aliphatic heterocycles. The number of halogens is 2. The maximum Gasteiger partial charge on any atom is 0.335 e. The van der Waals surface area contributed by atoms with Crippen molar-refractivity contribution in [3.05, 3.63) is 56.0 Å². The molecule has 0 saturated heterocycles. The quantitative estimate of drug-likeness (QED) is 0.572. The van der Waals surface area contributed by atoms with Crippen molar-refractivity contribution in [3.63, 3.8) is 0 Å². The van der Waals surface area contributed by atoms with Gasteiger partial charge in [-0.1, -0.05) is 6.07 Å². The van der Waals surface area contributed by atoms with Gasteiger partial charge in [0.25, 0.3) is 5.91 Å². The molecule has 3 rings (SSSR count). The molecule has 0 saturated carbocycles. The highest BCUT2D eigenvalue weighted by Crippen LogP contribution is 2.43. The number of carboxylic acids is 1. The van der Waals surface area contributed by atoms with Gasteiger partial charge in [-0.15, -0.1) is 0 Å². The Labute approximate surface area is 183 Å². The maximum absolute atomic E-state index is 13.0. The zero-order valence-electron chi connectivity index (χ0n) is 15.7. The summed E-state index contributed by atoms with van der Waals surface area (Å²) in [6, 6.07) is 7.81. The normalized spacial score (nSPS) is 14.9. The topological polar surface area (TPSA) is 88.4 Å². The highest BCUT2D eigenvalue weighted by Gasteiger charge is 2.29. The van der Waals surface area contributed by atoms with Crippen molar-refractivity contribution in [2.45, 2.75) is 6.92 Å². The number of methoxy groups -OCH3 is 2. The van der Waals surface area contributed by atoms with Gasteiger partial charge in [0, 0.05) is 4.47 Å². The molecular weight excluding hydrogens is 508 g/mol. The van der Waals surface area contributed by atoms with Crippen LogP contribution < -0.4 is 14.5 Å². The zero-order chi connectivity index (χ0) is 21.3. The molecule has 1 heterocycles. The molecule has 0 radical (unpaired) electrons. The van der Waals surface area contributed by atoms with Gasteiger partial charge >= 0.3 is 5.97 Å².